The van der Waals surface area contributed by atoms with Crippen molar-refractivity contribution >= 4 is 12.0 Å². The molecule has 27 heavy (non-hydrogen) atoms. The van der Waals surface area contributed by atoms with Crippen LogP contribution in [0.4, 0.5) is 0 Å². The van der Waals surface area contributed by atoms with E-state index in [1.54, 1.807) is 30.6 Å². The molecule has 0 atom stereocenters. The van der Waals surface area contributed by atoms with Gasteiger partial charge in [-0.3, -0.25) is 14.8 Å². The molecule has 2 N–H and O–H groups in total. The molecule has 0 unspecified atom stereocenters. The van der Waals surface area contributed by atoms with Gasteiger partial charge in [0.05, 0.1) is 25.1 Å². The van der Waals surface area contributed by atoms with E-state index in [-0.39, 0.29) is 17.3 Å². The summed E-state index contributed by atoms with van der Waals surface area (Å²) in [5.41, 5.74) is 1.52. The minimum absolute atomic E-state index is 0.0625. The first kappa shape index (κ1) is 24.2. The number of rotatable bonds is 5. The van der Waals surface area contributed by atoms with Crippen molar-refractivity contribution in [1.82, 2.24) is 4.98 Å². The fourth-order valence-electron chi connectivity index (χ4n) is 1.83. The number of aliphatic hydroxyl groups excluding tert-OH is 1. The molecule has 0 aliphatic heterocycles. The molecule has 1 aromatic heterocycles. The summed E-state index contributed by atoms with van der Waals surface area (Å²) in [5.74, 6) is 0.481. The number of aliphatic imine (C=N–C) groups is 1. The van der Waals surface area contributed by atoms with Crippen molar-refractivity contribution in [3.05, 3.63) is 65.7 Å². The first-order valence-corrected chi connectivity index (χ1v) is 8.32. The molecule has 8 heteroatoms. The number of hydrogen-bond donors (Lipinski definition) is 2. The van der Waals surface area contributed by atoms with E-state index < -0.39 is 0 Å². The first-order chi connectivity index (χ1) is 12.9. The molecule has 0 saturated carbocycles. The second-order valence-electron chi connectivity index (χ2n) is 5.09. The molecule has 0 saturated heterocycles. The van der Waals surface area contributed by atoms with Crippen molar-refractivity contribution in [3.8, 4) is 11.5 Å². The fourth-order valence-corrected chi connectivity index (χ4v) is 1.83. The predicted octanol–water partition coefficient (Wildman–Crippen LogP) is 3.33. The van der Waals surface area contributed by atoms with Gasteiger partial charge < -0.3 is 14.9 Å². The Morgan fingerprint density at radius 2 is 1.93 bits per heavy atom. The maximum absolute atomic E-state index is 10.0. The molecule has 2 rings (SSSR count). The van der Waals surface area contributed by atoms with Crippen LogP contribution in [0.1, 0.15) is 25.1 Å². The number of carbonyl (C=O) groups excluding carboxylic acids is 1. The van der Waals surface area contributed by atoms with Gasteiger partial charge in [-0.1, -0.05) is 12.1 Å². The van der Waals surface area contributed by atoms with Crippen LogP contribution in [0.25, 0.3) is 0 Å². The average Bonchev–Trinajstić information content (AvgIpc) is 2.65. The van der Waals surface area contributed by atoms with Crippen LogP contribution in [0.3, 0.4) is 0 Å². The second kappa shape index (κ2) is 14.4. The van der Waals surface area contributed by atoms with Gasteiger partial charge in [-0.05, 0) is 38.1 Å². The molecular weight excluding hydrogens is 387 g/mol. The number of phenolic OH excluding ortho intramolecular Hbond substituents is 1. The van der Waals surface area contributed by atoms with E-state index >= 15 is 0 Å². The number of carbonyl (C=O) groups is 1. The predicted molar refractivity (Wildman–Crippen MR) is 97.9 cm³/mol. The van der Waals surface area contributed by atoms with Crippen molar-refractivity contribution in [2.45, 2.75) is 20.4 Å². The fraction of sp³-hybridized carbons (Fsp3) is 0.211. The monoisotopic (exact) mass is 409 g/mol. The summed E-state index contributed by atoms with van der Waals surface area (Å²) in [6.45, 7) is 3.33. The summed E-state index contributed by atoms with van der Waals surface area (Å²) in [7, 11) is 1.52. The molecule has 0 spiro atoms. The van der Waals surface area contributed by atoms with Crippen LogP contribution in [-0.2, 0) is 32.4 Å². The Labute approximate surface area is 167 Å². The van der Waals surface area contributed by atoms with Gasteiger partial charge in [0.15, 0.2) is 17.3 Å². The topological polar surface area (TPSA) is 109 Å². The van der Waals surface area contributed by atoms with Gasteiger partial charge in [-0.25, -0.2) is 0 Å². The molecule has 0 fully saturated rings. The first-order valence-electron chi connectivity index (χ1n) is 7.75. The van der Waals surface area contributed by atoms with Crippen molar-refractivity contribution in [3.63, 3.8) is 0 Å². The number of methoxy groups -OCH3 is 1. The third kappa shape index (κ3) is 10.7. The third-order valence-electron chi connectivity index (χ3n) is 2.87. The Morgan fingerprint density at radius 1 is 1.22 bits per heavy atom. The second-order valence-corrected chi connectivity index (χ2v) is 5.09. The number of aromatic hydroxyl groups is 1. The number of ketones is 1. The summed E-state index contributed by atoms with van der Waals surface area (Å²) >= 11 is 1.06. The molecule has 0 aliphatic rings. The van der Waals surface area contributed by atoms with E-state index in [4.69, 9.17) is 13.5 Å². The summed E-state index contributed by atoms with van der Waals surface area (Å²) in [6, 6.07) is 11.0. The summed E-state index contributed by atoms with van der Waals surface area (Å²) < 4.78 is 13.2. The molecule has 2 aromatic rings. The number of pyridine rings is 1. The van der Waals surface area contributed by atoms with Gasteiger partial charge in [0.2, 0.25) is 0 Å². The van der Waals surface area contributed by atoms with E-state index in [1.807, 2.05) is 18.2 Å². The zero-order valence-electron chi connectivity index (χ0n) is 15.4. The van der Waals surface area contributed by atoms with E-state index in [9.17, 15) is 9.90 Å². The molecule has 143 valence electrons. The van der Waals surface area contributed by atoms with Gasteiger partial charge in [-0.2, -0.15) is 0 Å². The quantitative estimate of drug-likeness (QED) is 0.445. The number of para-hydroxylation sites is 1. The van der Waals surface area contributed by atoms with Crippen LogP contribution in [0.2, 0.25) is 0 Å². The zero-order valence-corrected chi connectivity index (χ0v) is 16.8. The van der Waals surface area contributed by atoms with Crippen LogP contribution in [0, 0.1) is 0 Å². The number of aromatic nitrogens is 1. The van der Waals surface area contributed by atoms with Crippen molar-refractivity contribution in [2.24, 2.45) is 4.99 Å². The van der Waals surface area contributed by atoms with Crippen molar-refractivity contribution in [2.75, 3.05) is 7.11 Å². The van der Waals surface area contributed by atoms with Gasteiger partial charge in [0.25, 0.3) is 0 Å². The number of nitrogens with zero attached hydrogens (tertiary/aromatic N) is 2. The van der Waals surface area contributed by atoms with Crippen molar-refractivity contribution in [1.29, 1.82) is 0 Å². The Balaban J connectivity index is 0.000000637. The van der Waals surface area contributed by atoms with Crippen LogP contribution in [0.15, 0.2) is 59.4 Å². The van der Waals surface area contributed by atoms with Crippen LogP contribution >= 0.6 is 0 Å². The zero-order chi connectivity index (χ0) is 20.7. The van der Waals surface area contributed by atoms with Crippen molar-refractivity contribution < 1.29 is 40.8 Å². The molecule has 7 nitrogen and oxygen atoms in total. The third-order valence-corrected chi connectivity index (χ3v) is 2.87. The Bertz CT molecular complexity index is 760. The number of benzene rings is 1. The van der Waals surface area contributed by atoms with E-state index in [1.165, 1.54) is 27.0 Å². The number of phenols is 1. The molecule has 0 amide bonds. The molecular formula is C19H22N2O5V. The van der Waals surface area contributed by atoms with Gasteiger partial charge in [0.1, 0.15) is 0 Å². The number of hydrogen-bond acceptors (Lipinski definition) is 7. The van der Waals surface area contributed by atoms with E-state index in [0.29, 0.717) is 17.9 Å². The number of allylic oxidation sites excluding steroid dienone is 2. The summed E-state index contributed by atoms with van der Waals surface area (Å²) in [5, 5.41) is 18.2. The summed E-state index contributed by atoms with van der Waals surface area (Å²) in [4.78, 5) is 18.4. The van der Waals surface area contributed by atoms with Crippen LogP contribution < -0.4 is 4.74 Å². The molecule has 0 bridgehead atoms. The molecule has 0 aliphatic carbocycles. The van der Waals surface area contributed by atoms with Gasteiger partial charge in [0, 0.05) is 24.1 Å². The SMILES string of the molecule is CC(=O)/C=C(/C)O.COc1cccc(C=NCc2ccccn2)c1O.[O]=[V]. The number of ether oxygens (including phenoxy) is 1. The Morgan fingerprint density at radius 3 is 2.41 bits per heavy atom. The van der Waals surface area contributed by atoms with E-state index in [0.717, 1.165) is 23.1 Å². The molecule has 0 radical (unpaired) electrons. The van der Waals surface area contributed by atoms with E-state index in [2.05, 4.69) is 9.98 Å². The van der Waals surface area contributed by atoms with Gasteiger partial charge >= 0.3 is 21.0 Å². The Hall–Kier alpha value is -2.77. The average molecular weight is 409 g/mol. The normalized spacial score (nSPS) is 10.2. The summed E-state index contributed by atoms with van der Waals surface area (Å²) in [6.07, 6.45) is 4.51. The van der Waals surface area contributed by atoms with Gasteiger partial charge in [-0.15, -0.1) is 0 Å². The standard InChI is InChI=1S/C14H14N2O2.C5H8O2.O.V/c1-18-13-7-4-5-11(14(13)17)9-15-10-12-6-2-3-8-16-12;1-4(6)3-5(2)7;;/h2-9,17H,10H2,1H3;3,6H,1-2H3;;/b;4-3-;;. The maximum atomic E-state index is 10.0. The number of aliphatic hydroxyl groups is 1. The minimum atomic E-state index is -0.125. The Kier molecular flexibility index (Phi) is 12.9. The van der Waals surface area contributed by atoms with Crippen LogP contribution in [0.5, 0.6) is 11.5 Å². The molecule has 1 heterocycles. The van der Waals surface area contributed by atoms with Crippen LogP contribution in [-0.4, -0.2) is 34.3 Å². The molecule has 1 aromatic carbocycles.